The van der Waals surface area contributed by atoms with E-state index < -0.39 is 0 Å². The molecule has 0 bridgehead atoms. The summed E-state index contributed by atoms with van der Waals surface area (Å²) in [5.74, 6) is 0.353. The molecule has 1 aliphatic rings. The number of nitrogens with two attached hydrogens (primary N) is 1. The summed E-state index contributed by atoms with van der Waals surface area (Å²) in [6, 6.07) is 2.32. The van der Waals surface area contributed by atoms with Crippen molar-refractivity contribution in [2.24, 2.45) is 11.7 Å². The zero-order valence-corrected chi connectivity index (χ0v) is 11.5. The summed E-state index contributed by atoms with van der Waals surface area (Å²) in [6.07, 6.45) is 2.09. The lowest BCUT2D eigenvalue weighted by molar-refractivity contribution is -0.142. The fourth-order valence-electron chi connectivity index (χ4n) is 2.61. The van der Waals surface area contributed by atoms with Gasteiger partial charge in [0.25, 0.3) is 0 Å². The highest BCUT2D eigenvalue weighted by Crippen LogP contribution is 2.21. The second-order valence-corrected chi connectivity index (χ2v) is 5.75. The van der Waals surface area contributed by atoms with Crippen LogP contribution < -0.4 is 5.73 Å². The molecule has 0 amide bonds. The minimum atomic E-state index is -0.182. The molecule has 100 valence electrons. The molecule has 18 heavy (non-hydrogen) atoms. The smallest absolute Gasteiger partial charge is 0.319 e. The maximum absolute atomic E-state index is 11.3. The molecule has 1 aromatic rings. The number of esters is 1. The molecular weight excluding hydrogens is 248 g/mol. The Morgan fingerprint density at radius 3 is 3.11 bits per heavy atom. The first-order valence-electron chi connectivity index (χ1n) is 6.23. The zero-order chi connectivity index (χ0) is 13.0. The number of methoxy groups -OCH3 is 1. The number of ether oxygens (including phenoxy) is 1. The van der Waals surface area contributed by atoms with Gasteiger partial charge in [0.2, 0.25) is 0 Å². The maximum Gasteiger partial charge on any atom is 0.319 e. The van der Waals surface area contributed by atoms with Gasteiger partial charge in [-0.25, -0.2) is 0 Å². The Labute approximate surface area is 112 Å². The topological polar surface area (TPSA) is 55.6 Å². The average Bonchev–Trinajstić information content (AvgIpc) is 2.80. The van der Waals surface area contributed by atoms with Gasteiger partial charge in [0.15, 0.2) is 0 Å². The van der Waals surface area contributed by atoms with E-state index in [1.165, 1.54) is 12.7 Å². The van der Waals surface area contributed by atoms with Gasteiger partial charge in [-0.2, -0.15) is 11.3 Å². The summed E-state index contributed by atoms with van der Waals surface area (Å²) in [7, 11) is 1.43. The molecule has 2 rings (SSSR count). The molecule has 0 radical (unpaired) electrons. The Morgan fingerprint density at radius 2 is 2.44 bits per heavy atom. The van der Waals surface area contributed by atoms with Crippen LogP contribution in [0, 0.1) is 5.92 Å². The van der Waals surface area contributed by atoms with Gasteiger partial charge in [-0.05, 0) is 41.1 Å². The first-order valence-corrected chi connectivity index (χ1v) is 7.17. The van der Waals surface area contributed by atoms with Gasteiger partial charge in [-0.15, -0.1) is 0 Å². The van der Waals surface area contributed by atoms with Crippen molar-refractivity contribution in [3.63, 3.8) is 0 Å². The van der Waals surface area contributed by atoms with Crippen LogP contribution in [0.25, 0.3) is 0 Å². The summed E-state index contributed by atoms with van der Waals surface area (Å²) >= 11 is 1.73. The molecule has 1 saturated heterocycles. The normalized spacial score (nSPS) is 25.0. The molecule has 1 aromatic heterocycles. The van der Waals surface area contributed by atoms with E-state index in [0.717, 1.165) is 25.9 Å². The fraction of sp³-hybridized carbons (Fsp3) is 0.615. The highest BCUT2D eigenvalue weighted by molar-refractivity contribution is 7.07. The van der Waals surface area contributed by atoms with Gasteiger partial charge >= 0.3 is 5.97 Å². The van der Waals surface area contributed by atoms with Gasteiger partial charge in [-0.1, -0.05) is 0 Å². The number of likely N-dealkylation sites (tertiary alicyclic amines) is 1. The van der Waals surface area contributed by atoms with Crippen molar-refractivity contribution in [2.75, 3.05) is 26.7 Å². The van der Waals surface area contributed by atoms with Crippen molar-refractivity contribution < 1.29 is 9.53 Å². The zero-order valence-electron chi connectivity index (χ0n) is 10.7. The second kappa shape index (κ2) is 6.31. The summed E-state index contributed by atoms with van der Waals surface area (Å²) in [5.41, 5.74) is 7.44. The van der Waals surface area contributed by atoms with Crippen molar-refractivity contribution in [3.05, 3.63) is 22.4 Å². The molecule has 1 fully saturated rings. The maximum atomic E-state index is 11.3. The van der Waals surface area contributed by atoms with E-state index in [9.17, 15) is 4.79 Å². The Bertz CT molecular complexity index is 380. The minimum Gasteiger partial charge on any atom is -0.468 e. The predicted molar refractivity (Wildman–Crippen MR) is 72.6 cm³/mol. The predicted octanol–water partition coefficient (Wildman–Crippen LogP) is 1.11. The lowest BCUT2D eigenvalue weighted by Gasteiger charge is -2.35. The van der Waals surface area contributed by atoms with Crippen LogP contribution in [0.5, 0.6) is 0 Å². The first kappa shape index (κ1) is 13.5. The van der Waals surface area contributed by atoms with Gasteiger partial charge in [0, 0.05) is 19.1 Å². The Hall–Kier alpha value is -0.910. The summed E-state index contributed by atoms with van der Waals surface area (Å²) in [5, 5.41) is 4.29. The Kier molecular flexibility index (Phi) is 4.74. The number of rotatable bonds is 4. The lowest BCUT2D eigenvalue weighted by Crippen LogP contribution is -2.49. The molecule has 1 aliphatic heterocycles. The van der Waals surface area contributed by atoms with E-state index in [4.69, 9.17) is 10.5 Å². The van der Waals surface area contributed by atoms with Crippen LogP contribution in [0.2, 0.25) is 0 Å². The van der Waals surface area contributed by atoms with Crippen molar-refractivity contribution in [3.8, 4) is 0 Å². The number of carbonyl (C=O) groups excluding carboxylic acids is 1. The minimum absolute atomic E-state index is 0.159. The van der Waals surface area contributed by atoms with E-state index in [2.05, 4.69) is 21.7 Å². The number of piperidine rings is 1. The third-order valence-electron chi connectivity index (χ3n) is 3.33. The number of hydrogen-bond donors (Lipinski definition) is 1. The van der Waals surface area contributed by atoms with Crippen LogP contribution in [-0.4, -0.2) is 43.7 Å². The standard InChI is InChI=1S/C13H20N2O2S/c1-17-13(16)8-15-6-11(5-12(14)7-15)4-10-2-3-18-9-10/h2-3,9,11-12H,4-8,14H2,1H3. The van der Waals surface area contributed by atoms with E-state index >= 15 is 0 Å². The highest BCUT2D eigenvalue weighted by Gasteiger charge is 2.26. The molecular formula is C13H20N2O2S. The van der Waals surface area contributed by atoms with Crippen molar-refractivity contribution in [2.45, 2.75) is 18.9 Å². The molecule has 0 aromatic carbocycles. The third kappa shape index (κ3) is 3.80. The molecule has 0 spiro atoms. The number of hydrogen-bond acceptors (Lipinski definition) is 5. The third-order valence-corrected chi connectivity index (χ3v) is 4.06. The molecule has 2 heterocycles. The molecule has 2 unspecified atom stereocenters. The molecule has 2 N–H and O–H groups in total. The second-order valence-electron chi connectivity index (χ2n) is 4.97. The Morgan fingerprint density at radius 1 is 1.61 bits per heavy atom. The largest absolute Gasteiger partial charge is 0.468 e. The monoisotopic (exact) mass is 268 g/mol. The van der Waals surface area contributed by atoms with Crippen LogP contribution in [0.4, 0.5) is 0 Å². The molecule has 4 nitrogen and oxygen atoms in total. The van der Waals surface area contributed by atoms with Crippen molar-refractivity contribution in [1.29, 1.82) is 0 Å². The molecule has 2 atom stereocenters. The number of carbonyl (C=O) groups is 1. The Balaban J connectivity index is 1.89. The molecule has 5 heteroatoms. The summed E-state index contributed by atoms with van der Waals surface area (Å²) in [4.78, 5) is 13.4. The quantitative estimate of drug-likeness (QED) is 0.831. The van der Waals surface area contributed by atoms with Crippen LogP contribution in [-0.2, 0) is 16.0 Å². The number of nitrogens with zero attached hydrogens (tertiary/aromatic N) is 1. The van der Waals surface area contributed by atoms with Gasteiger partial charge in [-0.3, -0.25) is 9.69 Å². The van der Waals surface area contributed by atoms with Gasteiger partial charge < -0.3 is 10.5 Å². The van der Waals surface area contributed by atoms with Crippen LogP contribution >= 0.6 is 11.3 Å². The SMILES string of the molecule is COC(=O)CN1CC(N)CC(Cc2ccsc2)C1. The average molecular weight is 268 g/mol. The lowest BCUT2D eigenvalue weighted by atomic mass is 9.90. The summed E-state index contributed by atoms with van der Waals surface area (Å²) < 4.78 is 4.71. The van der Waals surface area contributed by atoms with E-state index in [0.29, 0.717) is 12.5 Å². The summed E-state index contributed by atoms with van der Waals surface area (Å²) in [6.45, 7) is 2.07. The van der Waals surface area contributed by atoms with Crippen LogP contribution in [0.1, 0.15) is 12.0 Å². The van der Waals surface area contributed by atoms with Crippen molar-refractivity contribution in [1.82, 2.24) is 4.90 Å². The molecule has 0 aliphatic carbocycles. The van der Waals surface area contributed by atoms with Crippen LogP contribution in [0.15, 0.2) is 16.8 Å². The first-order chi connectivity index (χ1) is 8.67. The van der Waals surface area contributed by atoms with Gasteiger partial charge in [0.1, 0.15) is 0 Å². The van der Waals surface area contributed by atoms with Gasteiger partial charge in [0.05, 0.1) is 13.7 Å². The molecule has 0 saturated carbocycles. The van der Waals surface area contributed by atoms with Crippen LogP contribution in [0.3, 0.4) is 0 Å². The van der Waals surface area contributed by atoms with E-state index in [1.54, 1.807) is 11.3 Å². The fourth-order valence-corrected chi connectivity index (χ4v) is 3.30. The number of thiophene rings is 1. The van der Waals surface area contributed by atoms with E-state index in [1.807, 2.05) is 0 Å². The van der Waals surface area contributed by atoms with Crippen molar-refractivity contribution >= 4 is 17.3 Å². The van der Waals surface area contributed by atoms with E-state index in [-0.39, 0.29) is 12.0 Å². The highest BCUT2D eigenvalue weighted by atomic mass is 32.1.